The topological polar surface area (TPSA) is 39.1 Å². The molecule has 18 heavy (non-hydrogen) atoms. The van der Waals surface area contributed by atoms with Crippen LogP contribution in [0.4, 0.5) is 5.69 Å². The van der Waals surface area contributed by atoms with Crippen LogP contribution in [0.3, 0.4) is 0 Å². The Bertz CT molecular complexity index is 453. The van der Waals surface area contributed by atoms with Gasteiger partial charge >= 0.3 is 0 Å². The first-order valence-electron chi connectivity index (χ1n) is 6.38. The van der Waals surface area contributed by atoms with Gasteiger partial charge in [-0.2, -0.15) is 5.26 Å². The molecule has 1 unspecified atom stereocenters. The molecule has 0 spiro atoms. The first-order chi connectivity index (χ1) is 8.72. The van der Waals surface area contributed by atoms with Crippen LogP contribution in [0.2, 0.25) is 0 Å². The van der Waals surface area contributed by atoms with Gasteiger partial charge in [-0.15, -0.1) is 0 Å². The largest absolute Gasteiger partial charge is 0.384 e. The fraction of sp³-hybridized carbons (Fsp3) is 0.500. The maximum absolute atomic E-state index is 9.10. The molecule has 0 aliphatic carbocycles. The average molecular weight is 308 g/mol. The zero-order valence-corrected chi connectivity index (χ0v) is 12.2. The Labute approximate surface area is 117 Å². The van der Waals surface area contributed by atoms with Crippen LogP contribution in [0.5, 0.6) is 0 Å². The zero-order valence-electron chi connectivity index (χ0n) is 10.6. The van der Waals surface area contributed by atoms with E-state index < -0.39 is 0 Å². The van der Waals surface area contributed by atoms with Crippen molar-refractivity contribution in [3.63, 3.8) is 0 Å². The van der Waals surface area contributed by atoms with Gasteiger partial charge in [0, 0.05) is 17.6 Å². The van der Waals surface area contributed by atoms with Crippen LogP contribution in [-0.2, 0) is 0 Å². The van der Waals surface area contributed by atoms with Crippen LogP contribution in [0.25, 0.3) is 0 Å². The molecule has 96 valence electrons. The highest BCUT2D eigenvalue weighted by Crippen LogP contribution is 2.22. The highest BCUT2D eigenvalue weighted by molar-refractivity contribution is 9.10. The van der Waals surface area contributed by atoms with E-state index in [1.165, 1.54) is 19.5 Å². The number of nitrogens with zero attached hydrogens (tertiary/aromatic N) is 2. The molecule has 0 bridgehead atoms. The van der Waals surface area contributed by atoms with Crippen LogP contribution < -0.4 is 5.32 Å². The maximum Gasteiger partial charge on any atom is 0.101 e. The Morgan fingerprint density at radius 3 is 3.06 bits per heavy atom. The molecule has 1 saturated heterocycles. The molecule has 1 aliphatic rings. The Morgan fingerprint density at radius 2 is 2.39 bits per heavy atom. The van der Waals surface area contributed by atoms with Gasteiger partial charge in [0.1, 0.15) is 6.07 Å². The second-order valence-electron chi connectivity index (χ2n) is 4.73. The molecule has 4 heteroatoms. The fourth-order valence-electron chi connectivity index (χ4n) is 2.38. The number of hydrogen-bond donors (Lipinski definition) is 1. The average Bonchev–Trinajstić information content (AvgIpc) is 2.85. The zero-order chi connectivity index (χ0) is 13.0. The summed E-state index contributed by atoms with van der Waals surface area (Å²) in [6.45, 7) is 6.67. The van der Waals surface area contributed by atoms with E-state index in [4.69, 9.17) is 5.26 Å². The minimum Gasteiger partial charge on any atom is -0.384 e. The molecular weight excluding hydrogens is 290 g/mol. The van der Waals surface area contributed by atoms with E-state index in [0.29, 0.717) is 11.5 Å². The van der Waals surface area contributed by atoms with Crippen molar-refractivity contribution < 1.29 is 0 Å². The van der Waals surface area contributed by atoms with Crippen molar-refractivity contribution in [2.45, 2.75) is 13.3 Å². The molecule has 0 amide bonds. The summed E-state index contributed by atoms with van der Waals surface area (Å²) in [6, 6.07) is 8.02. The molecule has 2 rings (SSSR count). The minimum absolute atomic E-state index is 0.695. The van der Waals surface area contributed by atoms with Crippen molar-refractivity contribution in [1.29, 1.82) is 5.26 Å². The lowest BCUT2D eigenvalue weighted by molar-refractivity contribution is 0.345. The molecule has 1 N–H and O–H groups in total. The second kappa shape index (κ2) is 6.21. The lowest BCUT2D eigenvalue weighted by Gasteiger charge is -2.15. The van der Waals surface area contributed by atoms with E-state index in [1.54, 1.807) is 0 Å². The van der Waals surface area contributed by atoms with Gasteiger partial charge in [-0.25, -0.2) is 0 Å². The van der Waals surface area contributed by atoms with E-state index in [2.05, 4.69) is 39.1 Å². The molecule has 1 aliphatic heterocycles. The summed E-state index contributed by atoms with van der Waals surface area (Å²) in [4.78, 5) is 2.47. The van der Waals surface area contributed by atoms with Gasteiger partial charge in [-0.1, -0.05) is 22.9 Å². The highest BCUT2D eigenvalue weighted by Gasteiger charge is 2.20. The number of benzene rings is 1. The molecule has 0 aromatic heterocycles. The van der Waals surface area contributed by atoms with Crippen molar-refractivity contribution >= 4 is 21.6 Å². The lowest BCUT2D eigenvalue weighted by atomic mass is 10.1. The number of nitrogens with one attached hydrogen (secondary N) is 1. The van der Waals surface area contributed by atoms with Gasteiger partial charge in [0.05, 0.1) is 11.3 Å². The minimum atomic E-state index is 0.695. The van der Waals surface area contributed by atoms with E-state index in [-0.39, 0.29) is 0 Å². The van der Waals surface area contributed by atoms with Gasteiger partial charge in [0.2, 0.25) is 0 Å². The maximum atomic E-state index is 9.10. The van der Waals surface area contributed by atoms with Crippen LogP contribution >= 0.6 is 15.9 Å². The number of nitriles is 1. The second-order valence-corrected chi connectivity index (χ2v) is 5.65. The van der Waals surface area contributed by atoms with Crippen molar-refractivity contribution in [2.75, 3.05) is 31.5 Å². The Hall–Kier alpha value is -1.05. The molecule has 1 atom stereocenters. The van der Waals surface area contributed by atoms with Crippen LogP contribution in [0.15, 0.2) is 22.7 Å². The van der Waals surface area contributed by atoms with Crippen molar-refractivity contribution in [3.05, 3.63) is 28.2 Å². The summed E-state index contributed by atoms with van der Waals surface area (Å²) >= 11 is 3.39. The monoisotopic (exact) mass is 307 g/mol. The molecule has 0 saturated carbocycles. The Morgan fingerprint density at radius 1 is 1.56 bits per heavy atom. The van der Waals surface area contributed by atoms with Crippen LogP contribution in [-0.4, -0.2) is 31.1 Å². The quantitative estimate of drug-likeness (QED) is 0.929. The normalized spacial score (nSPS) is 19.7. The number of likely N-dealkylation sites (tertiary alicyclic amines) is 1. The standard InChI is InChI=1S/C14H18BrN3/c1-2-18-6-5-11(10-18)9-17-14-4-3-13(15)7-12(14)8-16/h3-4,7,11,17H,2,5-6,9-10H2,1H3. The van der Waals surface area contributed by atoms with Crippen LogP contribution in [0, 0.1) is 17.2 Å². The van der Waals surface area contributed by atoms with Gasteiger partial charge < -0.3 is 10.2 Å². The van der Waals surface area contributed by atoms with E-state index >= 15 is 0 Å². The SMILES string of the molecule is CCN1CCC(CNc2ccc(Br)cc2C#N)C1. The van der Waals surface area contributed by atoms with Gasteiger partial charge in [0.15, 0.2) is 0 Å². The number of rotatable bonds is 4. The predicted molar refractivity (Wildman–Crippen MR) is 77.6 cm³/mol. The summed E-state index contributed by atoms with van der Waals surface area (Å²) in [5, 5.41) is 12.5. The fourth-order valence-corrected chi connectivity index (χ4v) is 2.75. The summed E-state index contributed by atoms with van der Waals surface area (Å²) < 4.78 is 0.947. The summed E-state index contributed by atoms with van der Waals surface area (Å²) in [5.41, 5.74) is 1.64. The van der Waals surface area contributed by atoms with Crippen LogP contribution in [0.1, 0.15) is 18.9 Å². The molecular formula is C14H18BrN3. The Balaban J connectivity index is 1.93. The van der Waals surface area contributed by atoms with Crippen molar-refractivity contribution in [3.8, 4) is 6.07 Å². The molecule has 1 heterocycles. The first-order valence-corrected chi connectivity index (χ1v) is 7.18. The van der Waals surface area contributed by atoms with Gasteiger partial charge in [0.25, 0.3) is 0 Å². The number of hydrogen-bond acceptors (Lipinski definition) is 3. The molecule has 1 aromatic carbocycles. The highest BCUT2D eigenvalue weighted by atomic mass is 79.9. The third-order valence-corrected chi connectivity index (χ3v) is 3.99. The predicted octanol–water partition coefficient (Wildman–Crippen LogP) is 3.07. The number of halogens is 1. The Kier molecular flexibility index (Phi) is 4.62. The number of anilines is 1. The summed E-state index contributed by atoms with van der Waals surface area (Å²) in [7, 11) is 0. The third-order valence-electron chi connectivity index (χ3n) is 3.50. The smallest absolute Gasteiger partial charge is 0.101 e. The van der Waals surface area contributed by atoms with Crippen molar-refractivity contribution in [2.24, 2.45) is 5.92 Å². The summed E-state index contributed by atoms with van der Waals surface area (Å²) in [5.74, 6) is 0.695. The van der Waals surface area contributed by atoms with E-state index in [1.807, 2.05) is 18.2 Å². The molecule has 3 nitrogen and oxygen atoms in total. The van der Waals surface area contributed by atoms with E-state index in [9.17, 15) is 0 Å². The molecule has 1 fully saturated rings. The summed E-state index contributed by atoms with van der Waals surface area (Å²) in [6.07, 6.45) is 1.25. The van der Waals surface area contributed by atoms with E-state index in [0.717, 1.165) is 23.2 Å². The lowest BCUT2D eigenvalue weighted by Crippen LogP contribution is -2.22. The van der Waals surface area contributed by atoms with Gasteiger partial charge in [-0.05, 0) is 43.6 Å². The first kappa shape index (κ1) is 13.4. The molecule has 0 radical (unpaired) electrons. The van der Waals surface area contributed by atoms with Gasteiger partial charge in [-0.3, -0.25) is 0 Å². The third kappa shape index (κ3) is 3.24. The molecule has 1 aromatic rings. The van der Waals surface area contributed by atoms with Crippen molar-refractivity contribution in [1.82, 2.24) is 4.90 Å².